The number of rotatable bonds is 10. The fraction of sp³-hybridized carbons (Fsp3) is 0.417. The van der Waals surface area contributed by atoms with Gasteiger partial charge in [-0.05, 0) is 42.5 Å². The first-order chi connectivity index (χ1) is 15.0. The molecule has 0 heterocycles. The van der Waals surface area contributed by atoms with E-state index in [0.29, 0.717) is 25.0 Å². The largest absolute Gasteiger partial charge is 0.497 e. The van der Waals surface area contributed by atoms with Gasteiger partial charge in [0.05, 0.1) is 26.8 Å². The fourth-order valence-corrected chi connectivity index (χ4v) is 2.85. The molecular weight excluding hydrogens is 519 g/mol. The Morgan fingerprint density at radius 1 is 1.09 bits per heavy atom. The van der Waals surface area contributed by atoms with Gasteiger partial charge < -0.3 is 25.0 Å². The van der Waals surface area contributed by atoms with Gasteiger partial charge in [0, 0.05) is 26.2 Å². The zero-order chi connectivity index (χ0) is 22.1. The molecule has 3 rings (SSSR count). The summed E-state index contributed by atoms with van der Waals surface area (Å²) < 4.78 is 11.2. The number of ether oxygens (including phenoxy) is 2. The van der Waals surface area contributed by atoms with Crippen molar-refractivity contribution in [2.45, 2.75) is 25.9 Å². The minimum Gasteiger partial charge on any atom is -0.497 e. The van der Waals surface area contributed by atoms with Crippen LogP contribution in [-0.4, -0.2) is 51.1 Å². The molecule has 1 saturated carbocycles. The maximum atomic E-state index is 12.0. The lowest BCUT2D eigenvalue weighted by atomic mass is 10.2. The second kappa shape index (κ2) is 13.1. The van der Waals surface area contributed by atoms with Crippen LogP contribution < -0.4 is 20.1 Å². The third kappa shape index (κ3) is 8.57. The molecule has 2 N–H and O–H groups in total. The summed E-state index contributed by atoms with van der Waals surface area (Å²) in [5.74, 6) is 2.95. The molecule has 0 spiro atoms. The van der Waals surface area contributed by atoms with Crippen LogP contribution >= 0.6 is 24.0 Å². The number of methoxy groups -OCH3 is 1. The molecule has 0 aliphatic heterocycles. The molecule has 32 heavy (non-hydrogen) atoms. The van der Waals surface area contributed by atoms with Crippen molar-refractivity contribution < 1.29 is 14.3 Å². The molecule has 2 aromatic carbocycles. The number of nitrogens with one attached hydrogen (secondary N) is 2. The summed E-state index contributed by atoms with van der Waals surface area (Å²) in [6, 6.07) is 15.8. The maximum absolute atomic E-state index is 12.0. The first kappa shape index (κ1) is 25.8. The average molecular weight is 552 g/mol. The Bertz CT molecular complexity index is 883. The molecule has 8 heteroatoms. The summed E-state index contributed by atoms with van der Waals surface area (Å²) in [6.07, 6.45) is 2.51. The maximum Gasteiger partial charge on any atom is 0.241 e. The van der Waals surface area contributed by atoms with Gasteiger partial charge in [0.1, 0.15) is 11.5 Å². The smallest absolute Gasteiger partial charge is 0.241 e. The second-order valence-corrected chi connectivity index (χ2v) is 7.87. The predicted octanol–water partition coefficient (Wildman–Crippen LogP) is 3.43. The molecule has 1 amide bonds. The van der Waals surface area contributed by atoms with Crippen molar-refractivity contribution in [3.05, 3.63) is 59.7 Å². The number of benzene rings is 2. The average Bonchev–Trinajstić information content (AvgIpc) is 3.62. The number of carbonyl (C=O) groups excluding carboxylic acids is 1. The van der Waals surface area contributed by atoms with Gasteiger partial charge in [-0.15, -0.1) is 24.0 Å². The number of likely N-dealkylation sites (N-methyl/N-ethyl adjacent to an activating group) is 1. The normalized spacial score (nSPS) is 13.0. The summed E-state index contributed by atoms with van der Waals surface area (Å²) in [4.78, 5) is 18.2. The van der Waals surface area contributed by atoms with Crippen LogP contribution in [0.3, 0.4) is 0 Å². The van der Waals surface area contributed by atoms with Crippen LogP contribution in [0.2, 0.25) is 0 Å². The summed E-state index contributed by atoms with van der Waals surface area (Å²) >= 11 is 0. The van der Waals surface area contributed by atoms with Crippen molar-refractivity contribution in [3.63, 3.8) is 0 Å². The van der Waals surface area contributed by atoms with Gasteiger partial charge in [0.15, 0.2) is 5.96 Å². The third-order valence-corrected chi connectivity index (χ3v) is 5.08. The van der Waals surface area contributed by atoms with Gasteiger partial charge in [-0.25, -0.2) is 4.99 Å². The van der Waals surface area contributed by atoms with E-state index in [2.05, 4.69) is 15.6 Å². The van der Waals surface area contributed by atoms with E-state index >= 15 is 0 Å². The number of para-hydroxylation sites is 1. The minimum absolute atomic E-state index is 0. The van der Waals surface area contributed by atoms with Crippen molar-refractivity contribution in [3.8, 4) is 11.5 Å². The number of nitrogens with zero attached hydrogens (tertiary/aromatic N) is 2. The van der Waals surface area contributed by atoms with Crippen LogP contribution in [0.25, 0.3) is 0 Å². The van der Waals surface area contributed by atoms with Gasteiger partial charge in [0.2, 0.25) is 5.91 Å². The van der Waals surface area contributed by atoms with E-state index in [1.54, 1.807) is 26.1 Å². The summed E-state index contributed by atoms with van der Waals surface area (Å²) in [5, 5.41) is 6.46. The Hall–Kier alpha value is -2.49. The first-order valence-electron chi connectivity index (χ1n) is 10.6. The number of halogens is 1. The summed E-state index contributed by atoms with van der Waals surface area (Å²) in [7, 11) is 5.12. The van der Waals surface area contributed by atoms with Crippen molar-refractivity contribution in [1.29, 1.82) is 0 Å². The van der Waals surface area contributed by atoms with Crippen LogP contribution in [0.15, 0.2) is 53.5 Å². The Morgan fingerprint density at radius 3 is 2.47 bits per heavy atom. The van der Waals surface area contributed by atoms with Crippen LogP contribution in [0.4, 0.5) is 0 Å². The molecule has 0 atom stereocenters. The van der Waals surface area contributed by atoms with Gasteiger partial charge >= 0.3 is 0 Å². The molecule has 174 valence electrons. The van der Waals surface area contributed by atoms with Crippen molar-refractivity contribution in [1.82, 2.24) is 15.5 Å². The van der Waals surface area contributed by atoms with Crippen LogP contribution in [-0.2, 0) is 17.9 Å². The van der Waals surface area contributed by atoms with E-state index in [1.807, 2.05) is 48.5 Å². The van der Waals surface area contributed by atoms with Gasteiger partial charge in [0.25, 0.3) is 0 Å². The molecule has 0 unspecified atom stereocenters. The zero-order valence-electron chi connectivity index (χ0n) is 19.0. The molecule has 1 fully saturated rings. The molecule has 0 aromatic heterocycles. The number of amides is 1. The number of carbonyl (C=O) groups is 1. The van der Waals surface area contributed by atoms with E-state index in [1.165, 1.54) is 12.8 Å². The van der Waals surface area contributed by atoms with E-state index in [4.69, 9.17) is 9.47 Å². The third-order valence-electron chi connectivity index (χ3n) is 5.08. The van der Waals surface area contributed by atoms with E-state index in [9.17, 15) is 4.79 Å². The highest BCUT2D eigenvalue weighted by Crippen LogP contribution is 2.30. The Kier molecular flexibility index (Phi) is 10.6. The number of guanidine groups is 1. The van der Waals surface area contributed by atoms with Gasteiger partial charge in [-0.3, -0.25) is 4.79 Å². The molecule has 2 aromatic rings. The molecule has 0 radical (unpaired) electrons. The summed E-state index contributed by atoms with van der Waals surface area (Å²) in [6.45, 7) is 1.97. The molecule has 0 bridgehead atoms. The predicted molar refractivity (Wildman–Crippen MR) is 138 cm³/mol. The van der Waals surface area contributed by atoms with E-state index in [-0.39, 0.29) is 36.4 Å². The molecule has 1 aliphatic carbocycles. The Morgan fingerprint density at radius 2 is 1.81 bits per heavy atom. The zero-order valence-corrected chi connectivity index (χ0v) is 21.3. The van der Waals surface area contributed by atoms with E-state index in [0.717, 1.165) is 29.2 Å². The molecule has 0 saturated heterocycles. The summed E-state index contributed by atoms with van der Waals surface area (Å²) in [5.41, 5.74) is 2.11. The number of aliphatic imine (C=N–C) groups is 1. The van der Waals surface area contributed by atoms with Gasteiger partial charge in [-0.1, -0.05) is 30.3 Å². The molecular formula is C24H33IN4O3. The molecule has 7 nitrogen and oxygen atoms in total. The monoisotopic (exact) mass is 552 g/mol. The molecule has 1 aliphatic rings. The van der Waals surface area contributed by atoms with Crippen molar-refractivity contribution in [2.24, 2.45) is 10.9 Å². The lowest BCUT2D eigenvalue weighted by molar-refractivity contribution is -0.127. The van der Waals surface area contributed by atoms with Crippen molar-refractivity contribution >= 4 is 35.8 Å². The standard InChI is InChI=1S/C24H32N4O3.HI/c1-28(2)23(29)16-27-24(25-14-18-10-12-21(30-3)13-11-18)26-15-20-6-4-5-7-22(20)31-17-19-8-9-19;/h4-7,10-13,19H,8-9,14-17H2,1-3H3,(H2,25,26,27);1H. The highest BCUT2D eigenvalue weighted by Gasteiger charge is 2.22. The SMILES string of the molecule is COc1ccc(CN=C(NCC(=O)N(C)C)NCc2ccccc2OCC2CC2)cc1.I. The van der Waals surface area contributed by atoms with Crippen LogP contribution in [0.1, 0.15) is 24.0 Å². The Labute approximate surface area is 207 Å². The quantitative estimate of drug-likeness (QED) is 0.269. The van der Waals surface area contributed by atoms with E-state index < -0.39 is 0 Å². The van der Waals surface area contributed by atoms with Gasteiger partial charge in [-0.2, -0.15) is 0 Å². The highest BCUT2D eigenvalue weighted by molar-refractivity contribution is 14.0. The fourth-order valence-electron chi connectivity index (χ4n) is 2.85. The topological polar surface area (TPSA) is 75.2 Å². The minimum atomic E-state index is -0.0212. The number of hydrogen-bond donors (Lipinski definition) is 2. The van der Waals surface area contributed by atoms with Crippen molar-refractivity contribution in [2.75, 3.05) is 34.4 Å². The van der Waals surface area contributed by atoms with Crippen LogP contribution in [0, 0.1) is 5.92 Å². The van der Waals surface area contributed by atoms with Crippen LogP contribution in [0.5, 0.6) is 11.5 Å². The lowest BCUT2D eigenvalue weighted by Crippen LogP contribution is -2.42. The number of hydrogen-bond acceptors (Lipinski definition) is 4. The lowest BCUT2D eigenvalue weighted by Gasteiger charge is -2.16. The highest BCUT2D eigenvalue weighted by atomic mass is 127. The first-order valence-corrected chi connectivity index (χ1v) is 10.6. The second-order valence-electron chi connectivity index (χ2n) is 7.87. The Balaban J connectivity index is 0.00000363.